The van der Waals surface area contributed by atoms with Crippen LogP contribution >= 0.6 is 0 Å². The number of carbonyl (C=O) groups is 5. The molecule has 27 heavy (non-hydrogen) atoms. The highest BCUT2D eigenvalue weighted by Gasteiger charge is 2.28. The molecule has 154 valence electrons. The number of primary amides is 1. The van der Waals surface area contributed by atoms with Crippen molar-refractivity contribution in [2.24, 2.45) is 17.4 Å². The van der Waals surface area contributed by atoms with E-state index >= 15 is 0 Å². The Morgan fingerprint density at radius 3 is 1.96 bits per heavy atom. The van der Waals surface area contributed by atoms with Gasteiger partial charge in [0.2, 0.25) is 23.6 Å². The Labute approximate surface area is 156 Å². The molecule has 0 aromatic rings. The number of aliphatic carboxylic acids is 1. The number of aliphatic hydroxyl groups is 1. The van der Waals surface area contributed by atoms with E-state index in [4.69, 9.17) is 16.6 Å². The third-order valence-electron chi connectivity index (χ3n) is 3.56. The van der Waals surface area contributed by atoms with Crippen LogP contribution < -0.4 is 27.4 Å². The van der Waals surface area contributed by atoms with Crippen molar-refractivity contribution in [2.45, 2.75) is 44.8 Å². The van der Waals surface area contributed by atoms with E-state index in [0.29, 0.717) is 0 Å². The van der Waals surface area contributed by atoms with Gasteiger partial charge in [-0.15, -0.1) is 0 Å². The lowest BCUT2D eigenvalue weighted by Gasteiger charge is -2.23. The van der Waals surface area contributed by atoms with Crippen molar-refractivity contribution in [3.05, 3.63) is 0 Å². The number of nitrogens with two attached hydrogens (primary N) is 2. The van der Waals surface area contributed by atoms with E-state index in [2.05, 4.69) is 16.0 Å². The molecule has 0 rings (SSSR count). The normalized spacial score (nSPS) is 14.0. The molecular weight excluding hydrogens is 362 g/mol. The van der Waals surface area contributed by atoms with Gasteiger partial charge in [-0.05, 0) is 12.3 Å². The summed E-state index contributed by atoms with van der Waals surface area (Å²) in [5.41, 5.74) is 10.7. The summed E-state index contributed by atoms with van der Waals surface area (Å²) in [5.74, 6) is -4.65. The molecular formula is C15H27N5O7. The summed E-state index contributed by atoms with van der Waals surface area (Å²) in [6.45, 7) is 1.95. The lowest BCUT2D eigenvalue weighted by molar-refractivity contribution is -0.139. The average Bonchev–Trinajstić information content (AvgIpc) is 2.59. The molecule has 0 aliphatic rings. The monoisotopic (exact) mass is 389 g/mol. The number of nitrogens with one attached hydrogen (secondary N) is 3. The first kappa shape index (κ1) is 24.3. The predicted molar refractivity (Wildman–Crippen MR) is 92.8 cm³/mol. The van der Waals surface area contributed by atoms with Gasteiger partial charge in [-0.3, -0.25) is 24.0 Å². The van der Waals surface area contributed by atoms with Crippen LogP contribution in [0.3, 0.4) is 0 Å². The maximum Gasteiger partial charge on any atom is 0.322 e. The molecule has 0 fully saturated rings. The van der Waals surface area contributed by atoms with E-state index in [9.17, 15) is 29.1 Å². The van der Waals surface area contributed by atoms with Gasteiger partial charge < -0.3 is 37.6 Å². The zero-order valence-corrected chi connectivity index (χ0v) is 15.2. The van der Waals surface area contributed by atoms with E-state index < -0.39 is 60.9 Å². The largest absolute Gasteiger partial charge is 0.480 e. The third kappa shape index (κ3) is 9.51. The molecule has 0 aromatic carbocycles. The Hall–Kier alpha value is -2.73. The van der Waals surface area contributed by atoms with Crippen LogP contribution in [0.4, 0.5) is 0 Å². The van der Waals surface area contributed by atoms with E-state index in [-0.39, 0.29) is 18.8 Å². The van der Waals surface area contributed by atoms with Crippen molar-refractivity contribution in [3.63, 3.8) is 0 Å². The molecule has 0 bridgehead atoms. The molecule has 3 atom stereocenters. The van der Waals surface area contributed by atoms with Gasteiger partial charge in [0.15, 0.2) is 0 Å². The Morgan fingerprint density at radius 2 is 1.52 bits per heavy atom. The number of amides is 4. The molecule has 0 saturated carbocycles. The van der Waals surface area contributed by atoms with Gasteiger partial charge in [0.25, 0.3) is 0 Å². The van der Waals surface area contributed by atoms with Gasteiger partial charge in [0.1, 0.15) is 18.6 Å². The quantitative estimate of drug-likeness (QED) is 0.176. The van der Waals surface area contributed by atoms with Crippen LogP contribution in [0.1, 0.15) is 26.7 Å². The molecule has 0 spiro atoms. The summed E-state index contributed by atoms with van der Waals surface area (Å²) in [5, 5.41) is 24.5. The molecule has 9 N–H and O–H groups in total. The van der Waals surface area contributed by atoms with Crippen LogP contribution in [0.2, 0.25) is 0 Å². The SMILES string of the molecule is CC(C)C(N)C(=O)NC(CO)C(=O)NC(CCC(N)=O)C(=O)NCC(=O)O. The van der Waals surface area contributed by atoms with E-state index in [1.54, 1.807) is 13.8 Å². The zero-order valence-electron chi connectivity index (χ0n) is 15.2. The maximum absolute atomic E-state index is 12.3. The fraction of sp³-hybridized carbons (Fsp3) is 0.667. The van der Waals surface area contributed by atoms with Gasteiger partial charge in [0.05, 0.1) is 12.6 Å². The van der Waals surface area contributed by atoms with E-state index in [0.717, 1.165) is 0 Å². The topological polar surface area (TPSA) is 214 Å². The van der Waals surface area contributed by atoms with Crippen LogP contribution in [0.5, 0.6) is 0 Å². The molecule has 0 aliphatic carbocycles. The fourth-order valence-electron chi connectivity index (χ4n) is 1.88. The number of hydrogen-bond acceptors (Lipinski definition) is 7. The number of carbonyl (C=O) groups excluding carboxylic acids is 4. The minimum atomic E-state index is -1.38. The number of carboxylic acids is 1. The standard InChI is InChI=1S/C15H27N5O7/c1-7(2)12(17)15(27)20-9(6-21)14(26)19-8(3-4-10(16)22)13(25)18-5-11(23)24/h7-9,12,21H,3-6,17H2,1-2H3,(H2,16,22)(H,18,25)(H,19,26)(H,20,27)(H,23,24). The van der Waals surface area contributed by atoms with Crippen molar-refractivity contribution >= 4 is 29.6 Å². The first-order chi connectivity index (χ1) is 12.5. The predicted octanol–water partition coefficient (Wildman–Crippen LogP) is -3.60. The molecule has 0 aliphatic heterocycles. The highest BCUT2D eigenvalue weighted by atomic mass is 16.4. The minimum Gasteiger partial charge on any atom is -0.480 e. The van der Waals surface area contributed by atoms with Crippen LogP contribution in [0.15, 0.2) is 0 Å². The second-order valence-corrected chi connectivity index (χ2v) is 6.19. The molecule has 0 heterocycles. The fourth-order valence-corrected chi connectivity index (χ4v) is 1.88. The van der Waals surface area contributed by atoms with Gasteiger partial charge in [-0.25, -0.2) is 0 Å². The van der Waals surface area contributed by atoms with Gasteiger partial charge in [-0.1, -0.05) is 13.8 Å². The first-order valence-corrected chi connectivity index (χ1v) is 8.24. The lowest BCUT2D eigenvalue weighted by atomic mass is 10.0. The summed E-state index contributed by atoms with van der Waals surface area (Å²) in [6, 6.07) is -3.57. The second kappa shape index (κ2) is 11.8. The summed E-state index contributed by atoms with van der Waals surface area (Å²) in [6.07, 6.45) is -0.441. The molecule has 0 radical (unpaired) electrons. The number of rotatable bonds is 12. The molecule has 0 saturated heterocycles. The van der Waals surface area contributed by atoms with E-state index in [1.165, 1.54) is 0 Å². The summed E-state index contributed by atoms with van der Waals surface area (Å²) >= 11 is 0. The van der Waals surface area contributed by atoms with E-state index in [1.807, 2.05) is 0 Å². The van der Waals surface area contributed by atoms with Gasteiger partial charge in [-0.2, -0.15) is 0 Å². The van der Waals surface area contributed by atoms with Gasteiger partial charge >= 0.3 is 5.97 Å². The maximum atomic E-state index is 12.3. The molecule has 12 nitrogen and oxygen atoms in total. The second-order valence-electron chi connectivity index (χ2n) is 6.19. The Bertz CT molecular complexity index is 567. The summed E-state index contributed by atoms with van der Waals surface area (Å²) < 4.78 is 0. The lowest BCUT2D eigenvalue weighted by Crippen LogP contribution is -2.57. The van der Waals surface area contributed by atoms with Crippen molar-refractivity contribution in [3.8, 4) is 0 Å². The first-order valence-electron chi connectivity index (χ1n) is 8.24. The van der Waals surface area contributed by atoms with Crippen LogP contribution in [-0.4, -0.2) is 71.1 Å². The highest BCUT2D eigenvalue weighted by Crippen LogP contribution is 2.01. The molecule has 12 heteroatoms. The molecule has 4 amide bonds. The van der Waals surface area contributed by atoms with Crippen molar-refractivity contribution in [1.29, 1.82) is 0 Å². The Morgan fingerprint density at radius 1 is 0.963 bits per heavy atom. The number of hydrogen-bond donors (Lipinski definition) is 7. The van der Waals surface area contributed by atoms with Crippen LogP contribution in [-0.2, 0) is 24.0 Å². The zero-order chi connectivity index (χ0) is 21.1. The summed E-state index contributed by atoms with van der Waals surface area (Å²) in [7, 11) is 0. The average molecular weight is 389 g/mol. The van der Waals surface area contributed by atoms with Crippen molar-refractivity contribution in [2.75, 3.05) is 13.2 Å². The van der Waals surface area contributed by atoms with Crippen LogP contribution in [0, 0.1) is 5.92 Å². The van der Waals surface area contributed by atoms with Crippen molar-refractivity contribution in [1.82, 2.24) is 16.0 Å². The molecule has 0 aromatic heterocycles. The number of aliphatic hydroxyl groups excluding tert-OH is 1. The summed E-state index contributed by atoms with van der Waals surface area (Å²) in [4.78, 5) is 57.7. The van der Waals surface area contributed by atoms with Gasteiger partial charge in [0, 0.05) is 6.42 Å². The van der Waals surface area contributed by atoms with Crippen LogP contribution in [0.25, 0.3) is 0 Å². The number of carboxylic acid groups (broad SMARTS) is 1. The minimum absolute atomic E-state index is 0.190. The third-order valence-corrected chi connectivity index (χ3v) is 3.56. The highest BCUT2D eigenvalue weighted by molar-refractivity contribution is 5.94. The Kier molecular flexibility index (Phi) is 10.6. The van der Waals surface area contributed by atoms with Crippen molar-refractivity contribution < 1.29 is 34.2 Å². The Balaban J connectivity index is 5.04. The molecule has 3 unspecified atom stereocenters. The smallest absolute Gasteiger partial charge is 0.322 e.